The van der Waals surface area contributed by atoms with E-state index < -0.39 is 31.6 Å². The molecular weight excluding hydrogens is 647 g/mol. The largest absolute Gasteiger partial charge is 0.394 e. The molecule has 0 aromatic heterocycles. The van der Waals surface area contributed by atoms with Crippen molar-refractivity contribution < 1.29 is 28.3 Å². The first-order valence-electron chi connectivity index (χ1n) is 15.4. The topological polar surface area (TPSA) is 102 Å². The number of anilines is 2. The van der Waals surface area contributed by atoms with E-state index in [1.165, 1.54) is 0 Å². The Morgan fingerprint density at radius 1 is 1.20 bits per heavy atom. The molecule has 2 aromatic carbocycles. The van der Waals surface area contributed by atoms with Gasteiger partial charge in [0.1, 0.15) is 0 Å². The molecule has 3 fully saturated rings. The van der Waals surface area contributed by atoms with Crippen molar-refractivity contribution in [1.82, 2.24) is 10.2 Å². The van der Waals surface area contributed by atoms with E-state index in [-0.39, 0.29) is 49.9 Å². The van der Waals surface area contributed by atoms with Gasteiger partial charge in [0.25, 0.3) is 5.91 Å². The van der Waals surface area contributed by atoms with Crippen molar-refractivity contribution in [1.29, 1.82) is 0 Å². The van der Waals surface area contributed by atoms with Crippen molar-refractivity contribution in [2.24, 2.45) is 5.92 Å². The summed E-state index contributed by atoms with van der Waals surface area (Å²) in [5.41, 5.74) is 0.955. The molecule has 12 heteroatoms. The van der Waals surface area contributed by atoms with Gasteiger partial charge in [0, 0.05) is 46.8 Å². The van der Waals surface area contributed by atoms with Gasteiger partial charge < -0.3 is 34.0 Å². The molecule has 4 aliphatic heterocycles. The van der Waals surface area contributed by atoms with Crippen LogP contribution >= 0.6 is 15.9 Å². The Labute approximate surface area is 267 Å². The lowest BCUT2D eigenvalue weighted by Crippen LogP contribution is -2.48. The van der Waals surface area contributed by atoms with Crippen LogP contribution in [0.5, 0.6) is 0 Å². The first-order chi connectivity index (χ1) is 21.0. The van der Waals surface area contributed by atoms with Gasteiger partial charge in [-0.1, -0.05) is 35.0 Å². The fraction of sp³-hybridized carbons (Fsp3) is 0.531. The molecule has 6 rings (SSSR count). The van der Waals surface area contributed by atoms with Crippen molar-refractivity contribution in [3.8, 4) is 0 Å². The molecule has 1 spiro atoms. The molecule has 5 atom stereocenters. The molecule has 2 N–H and O–H groups in total. The molecule has 3 saturated heterocycles. The lowest BCUT2D eigenvalue weighted by molar-refractivity contribution is -0.150. The van der Waals surface area contributed by atoms with Crippen LogP contribution in [0.1, 0.15) is 37.3 Å². The van der Waals surface area contributed by atoms with E-state index in [0.29, 0.717) is 30.9 Å². The number of likely N-dealkylation sites (tertiary alicyclic amines) is 1. The van der Waals surface area contributed by atoms with E-state index in [0.717, 1.165) is 28.6 Å². The van der Waals surface area contributed by atoms with Gasteiger partial charge in [0.15, 0.2) is 5.60 Å². The zero-order valence-electron chi connectivity index (χ0n) is 25.4. The van der Waals surface area contributed by atoms with Crippen molar-refractivity contribution >= 4 is 53.4 Å². The lowest BCUT2D eigenvalue weighted by Gasteiger charge is -2.31. The van der Waals surface area contributed by atoms with Crippen LogP contribution in [0.2, 0.25) is 18.6 Å². The number of aliphatic hydroxyl groups excluding tert-OH is 1. The van der Waals surface area contributed by atoms with Gasteiger partial charge in [-0.3, -0.25) is 14.4 Å². The molecule has 2 aromatic rings. The Kier molecular flexibility index (Phi) is 8.51. The number of halogens is 2. The molecule has 4 heterocycles. The van der Waals surface area contributed by atoms with Crippen molar-refractivity contribution in [3.05, 3.63) is 58.1 Å². The summed E-state index contributed by atoms with van der Waals surface area (Å²) in [7, 11) is -3.44. The smallest absolute Gasteiger partial charge is 0.264 e. The van der Waals surface area contributed by atoms with Crippen LogP contribution in [0, 0.1) is 5.92 Å². The number of carbonyl (C=O) groups excluding carboxylic acids is 3. The van der Waals surface area contributed by atoms with E-state index in [1.807, 2.05) is 49.4 Å². The average molecular weight is 688 g/mol. The second kappa shape index (κ2) is 11.9. The summed E-state index contributed by atoms with van der Waals surface area (Å²) in [6.07, 6.45) is 0.737. The third kappa shape index (κ3) is 5.32. The minimum absolute atomic E-state index is 0.00291. The maximum atomic E-state index is 16.2. The normalized spacial score (nSPS) is 28.8. The number of hydrogen-bond donors (Lipinski definition) is 2. The van der Waals surface area contributed by atoms with Gasteiger partial charge in [0.2, 0.25) is 20.2 Å². The van der Waals surface area contributed by atoms with Crippen LogP contribution in [0.3, 0.4) is 0 Å². The predicted octanol–water partition coefficient (Wildman–Crippen LogP) is 4.08. The fourth-order valence-corrected chi connectivity index (χ4v) is 10.8. The molecule has 0 bridgehead atoms. The zero-order chi connectivity index (χ0) is 31.4. The Morgan fingerprint density at radius 3 is 2.73 bits per heavy atom. The molecule has 0 unspecified atom stereocenters. The first-order valence-corrected chi connectivity index (χ1v) is 19.2. The number of amides is 3. The number of nitrogens with zero attached hydrogens (tertiary/aromatic N) is 3. The average Bonchev–Trinajstić information content (AvgIpc) is 3.64. The summed E-state index contributed by atoms with van der Waals surface area (Å²) in [6.45, 7) is 7.39. The minimum Gasteiger partial charge on any atom is -0.394 e. The van der Waals surface area contributed by atoms with E-state index >= 15 is 4.11 Å². The van der Waals surface area contributed by atoms with Gasteiger partial charge in [-0.15, -0.1) is 0 Å². The molecule has 3 amide bonds. The molecule has 236 valence electrons. The standard InChI is InChI=1S/C32H40BrFN4O5Si/c1-20-30(44(2,3)34)27(16-28(40)36-12-5-8-24(36)19-39)43-32(20)25-15-22(33)9-10-26(25)38(31(32)42)18-21-6-4-7-23(14-21)37-13-11-35-17-29(37)41/h4,6-7,9-10,14-15,20,24,27,30,35,39H,5,8,11-13,16-19H2,1-3H3/t20-,24-,27+,30-,32+/m0/s1. The number of rotatable bonds is 7. The second-order valence-corrected chi connectivity index (χ2v) is 17.7. The molecule has 0 saturated carbocycles. The third-order valence-electron chi connectivity index (χ3n) is 9.86. The quantitative estimate of drug-likeness (QED) is 0.336. The Morgan fingerprint density at radius 2 is 2.00 bits per heavy atom. The highest BCUT2D eigenvalue weighted by atomic mass is 79.9. The number of benzene rings is 2. The molecule has 0 radical (unpaired) electrons. The van der Waals surface area contributed by atoms with Crippen LogP contribution in [0.15, 0.2) is 46.9 Å². The summed E-state index contributed by atoms with van der Waals surface area (Å²) in [4.78, 5) is 45.9. The van der Waals surface area contributed by atoms with Crippen LogP contribution in [-0.2, 0) is 31.3 Å². The number of ether oxygens (including phenoxy) is 1. The highest BCUT2D eigenvalue weighted by Gasteiger charge is 2.67. The summed E-state index contributed by atoms with van der Waals surface area (Å²) in [5, 5.41) is 12.9. The van der Waals surface area contributed by atoms with Crippen LogP contribution < -0.4 is 15.1 Å². The van der Waals surface area contributed by atoms with E-state index in [2.05, 4.69) is 21.2 Å². The van der Waals surface area contributed by atoms with Crippen LogP contribution in [0.4, 0.5) is 15.5 Å². The SMILES string of the molecule is C[C@H]1[C@H]([Si](C)(C)F)[C@@H](CC(=O)N2CCC[C@H]2CO)O[C@]12C(=O)N(Cc1cccc(N3CCNCC3=O)c1)c1ccc(Br)cc12. The van der Waals surface area contributed by atoms with Crippen molar-refractivity contribution in [2.75, 3.05) is 42.6 Å². The minimum atomic E-state index is -3.44. The lowest BCUT2D eigenvalue weighted by atomic mass is 9.82. The van der Waals surface area contributed by atoms with Gasteiger partial charge in [-0.05, 0) is 61.8 Å². The molecule has 0 aliphatic carbocycles. The molecule has 44 heavy (non-hydrogen) atoms. The Hall–Kier alpha value is -2.64. The summed E-state index contributed by atoms with van der Waals surface area (Å²) in [5.74, 6) is -0.962. The Bertz CT molecular complexity index is 1470. The monoisotopic (exact) mass is 686 g/mol. The van der Waals surface area contributed by atoms with Gasteiger partial charge in [-0.25, -0.2) is 0 Å². The van der Waals surface area contributed by atoms with Crippen molar-refractivity contribution in [3.63, 3.8) is 0 Å². The highest BCUT2D eigenvalue weighted by molar-refractivity contribution is 9.10. The van der Waals surface area contributed by atoms with Crippen LogP contribution in [-0.4, -0.2) is 81.1 Å². The summed E-state index contributed by atoms with van der Waals surface area (Å²) < 4.78 is 23.7. The third-order valence-corrected chi connectivity index (χ3v) is 12.8. The zero-order valence-corrected chi connectivity index (χ0v) is 28.0. The fourth-order valence-electron chi connectivity index (χ4n) is 7.90. The molecule has 9 nitrogen and oxygen atoms in total. The second-order valence-electron chi connectivity index (χ2n) is 13.0. The van der Waals surface area contributed by atoms with Crippen molar-refractivity contribution in [2.45, 2.75) is 69.1 Å². The van der Waals surface area contributed by atoms with Crippen LogP contribution in [0.25, 0.3) is 0 Å². The number of aliphatic hydroxyl groups is 1. The van der Waals surface area contributed by atoms with E-state index in [4.69, 9.17) is 4.74 Å². The number of carbonyl (C=O) groups is 3. The van der Waals surface area contributed by atoms with E-state index in [1.54, 1.807) is 27.8 Å². The maximum absolute atomic E-state index is 16.2. The first kappa shape index (κ1) is 31.3. The molecular formula is C32H40BrFN4O5Si. The van der Waals surface area contributed by atoms with Gasteiger partial charge in [-0.2, -0.15) is 0 Å². The number of nitrogens with one attached hydrogen (secondary N) is 1. The highest BCUT2D eigenvalue weighted by Crippen LogP contribution is 2.60. The molecule has 4 aliphatic rings. The van der Waals surface area contributed by atoms with E-state index in [9.17, 15) is 19.5 Å². The number of fused-ring (bicyclic) bond motifs is 2. The maximum Gasteiger partial charge on any atom is 0.264 e. The summed E-state index contributed by atoms with van der Waals surface area (Å²) >= 11 is 3.57. The number of piperazine rings is 1. The number of hydrogen-bond acceptors (Lipinski definition) is 6. The predicted molar refractivity (Wildman–Crippen MR) is 171 cm³/mol. The van der Waals surface area contributed by atoms with Gasteiger partial charge in [0.05, 0.1) is 44.0 Å². The summed E-state index contributed by atoms with van der Waals surface area (Å²) in [6, 6.07) is 13.1. The van der Waals surface area contributed by atoms with Gasteiger partial charge >= 0.3 is 0 Å². The Balaban J connectivity index is 1.34.